The summed E-state index contributed by atoms with van der Waals surface area (Å²) in [6, 6.07) is 9.27. The van der Waals surface area contributed by atoms with E-state index in [1.54, 1.807) is 32.2 Å². The third kappa shape index (κ3) is 5.78. The summed E-state index contributed by atoms with van der Waals surface area (Å²) in [5.41, 5.74) is 7.34. The number of rotatable bonds is 7. The molecular formula is C22H30N6O3. The Balaban J connectivity index is 1.69. The quantitative estimate of drug-likeness (QED) is 0.627. The van der Waals surface area contributed by atoms with E-state index in [9.17, 15) is 9.59 Å². The van der Waals surface area contributed by atoms with Crippen molar-refractivity contribution in [2.24, 2.45) is 11.7 Å². The minimum absolute atomic E-state index is 0.0254. The number of aromatic nitrogens is 1. The van der Waals surface area contributed by atoms with Gasteiger partial charge >= 0.3 is 6.03 Å². The number of primary amides is 1. The van der Waals surface area contributed by atoms with Crippen molar-refractivity contribution in [2.75, 3.05) is 51.5 Å². The Labute approximate surface area is 182 Å². The van der Waals surface area contributed by atoms with Gasteiger partial charge in [0.15, 0.2) is 0 Å². The van der Waals surface area contributed by atoms with Crippen LogP contribution in [0.5, 0.6) is 5.75 Å². The van der Waals surface area contributed by atoms with E-state index in [4.69, 9.17) is 10.5 Å². The molecule has 3 rings (SSSR count). The van der Waals surface area contributed by atoms with Crippen molar-refractivity contribution in [3.63, 3.8) is 0 Å². The highest BCUT2D eigenvalue weighted by molar-refractivity contribution is 5.98. The summed E-state index contributed by atoms with van der Waals surface area (Å²) >= 11 is 0. The summed E-state index contributed by atoms with van der Waals surface area (Å²) in [6.07, 6.45) is 3.44. The lowest BCUT2D eigenvalue weighted by Crippen LogP contribution is -2.46. The van der Waals surface area contributed by atoms with Crippen molar-refractivity contribution in [2.45, 2.75) is 12.8 Å². The summed E-state index contributed by atoms with van der Waals surface area (Å²) in [7, 11) is 5.14. The molecule has 1 aliphatic rings. The SMILES string of the molecule is COc1ccc(Nc2cc(NC[C@@H]3CCCN(C(=O)N(C)C)C3)c(C(N)=O)cn2)cc1. The van der Waals surface area contributed by atoms with Crippen molar-refractivity contribution in [3.8, 4) is 5.75 Å². The lowest BCUT2D eigenvalue weighted by molar-refractivity contribution is 0.100. The van der Waals surface area contributed by atoms with E-state index >= 15 is 0 Å². The molecular weight excluding hydrogens is 396 g/mol. The first-order valence-corrected chi connectivity index (χ1v) is 10.3. The van der Waals surface area contributed by atoms with Crippen molar-refractivity contribution < 1.29 is 14.3 Å². The molecule has 3 amide bonds. The highest BCUT2D eigenvalue weighted by Crippen LogP contribution is 2.24. The number of hydrogen-bond donors (Lipinski definition) is 3. The number of amides is 3. The molecule has 1 fully saturated rings. The second-order valence-corrected chi connectivity index (χ2v) is 7.85. The van der Waals surface area contributed by atoms with Crippen molar-refractivity contribution >= 4 is 29.1 Å². The Morgan fingerprint density at radius 3 is 2.68 bits per heavy atom. The molecule has 2 heterocycles. The number of urea groups is 1. The Bertz CT molecular complexity index is 916. The van der Waals surface area contributed by atoms with Gasteiger partial charge in [0.2, 0.25) is 0 Å². The first kappa shape index (κ1) is 22.2. The molecule has 9 heteroatoms. The van der Waals surface area contributed by atoms with E-state index < -0.39 is 5.91 Å². The van der Waals surface area contributed by atoms with Gasteiger partial charge in [0.25, 0.3) is 5.91 Å². The molecule has 0 radical (unpaired) electrons. The van der Waals surface area contributed by atoms with Gasteiger partial charge in [-0.05, 0) is 43.0 Å². The maximum absolute atomic E-state index is 12.3. The van der Waals surface area contributed by atoms with Crippen LogP contribution in [0.25, 0.3) is 0 Å². The van der Waals surface area contributed by atoms with Crippen LogP contribution in [0, 0.1) is 5.92 Å². The molecule has 1 saturated heterocycles. The molecule has 1 aromatic carbocycles. The number of nitrogens with zero attached hydrogens (tertiary/aromatic N) is 3. The Kier molecular flexibility index (Phi) is 7.17. The second-order valence-electron chi connectivity index (χ2n) is 7.85. The number of pyridine rings is 1. The number of benzene rings is 1. The standard InChI is InChI=1S/C22H30N6O3/c1-27(2)22(30)28-10-4-5-15(14-28)12-24-19-11-20(25-13-18(19)21(23)29)26-16-6-8-17(31-3)9-7-16/h6-9,11,13,15H,4-5,10,12,14H2,1-3H3,(H2,23,29)(H2,24,25,26)/t15-/m0/s1. The summed E-state index contributed by atoms with van der Waals surface area (Å²) in [4.78, 5) is 31.9. The zero-order chi connectivity index (χ0) is 22.4. The lowest BCUT2D eigenvalue weighted by atomic mass is 9.98. The number of carbonyl (C=O) groups is 2. The highest BCUT2D eigenvalue weighted by Gasteiger charge is 2.25. The van der Waals surface area contributed by atoms with Crippen LogP contribution in [0.15, 0.2) is 36.5 Å². The number of likely N-dealkylation sites (tertiary alicyclic amines) is 1. The normalized spacial score (nSPS) is 15.8. The van der Waals surface area contributed by atoms with Gasteiger partial charge in [-0.15, -0.1) is 0 Å². The van der Waals surface area contributed by atoms with Crippen LogP contribution in [0.2, 0.25) is 0 Å². The molecule has 4 N–H and O–H groups in total. The van der Waals surface area contributed by atoms with Gasteiger partial charge in [0, 0.05) is 51.7 Å². The van der Waals surface area contributed by atoms with Gasteiger partial charge in [-0.3, -0.25) is 4.79 Å². The number of piperidine rings is 1. The van der Waals surface area contributed by atoms with Gasteiger partial charge < -0.3 is 30.9 Å². The predicted molar refractivity (Wildman–Crippen MR) is 121 cm³/mol. The van der Waals surface area contributed by atoms with E-state index in [2.05, 4.69) is 15.6 Å². The summed E-state index contributed by atoms with van der Waals surface area (Å²) in [5, 5.41) is 6.56. The molecule has 31 heavy (non-hydrogen) atoms. The van der Waals surface area contributed by atoms with Crippen LogP contribution in [-0.4, -0.2) is 67.6 Å². The van der Waals surface area contributed by atoms with Crippen molar-refractivity contribution in [1.82, 2.24) is 14.8 Å². The van der Waals surface area contributed by atoms with Crippen molar-refractivity contribution in [1.29, 1.82) is 0 Å². The minimum Gasteiger partial charge on any atom is -0.497 e. The Hall–Kier alpha value is -3.49. The van der Waals surface area contributed by atoms with E-state index in [0.717, 1.165) is 30.8 Å². The molecule has 0 unspecified atom stereocenters. The van der Waals surface area contributed by atoms with E-state index in [0.29, 0.717) is 30.2 Å². The van der Waals surface area contributed by atoms with Gasteiger partial charge in [-0.2, -0.15) is 0 Å². The molecule has 1 atom stereocenters. The van der Waals surface area contributed by atoms with Crippen LogP contribution in [-0.2, 0) is 0 Å². The Morgan fingerprint density at radius 2 is 2.03 bits per heavy atom. The van der Waals surface area contributed by atoms with Crippen LogP contribution < -0.4 is 21.1 Å². The summed E-state index contributed by atoms with van der Waals surface area (Å²) in [5.74, 6) is 1.09. The topological polar surface area (TPSA) is 113 Å². The fourth-order valence-electron chi connectivity index (χ4n) is 3.63. The maximum atomic E-state index is 12.3. The molecule has 1 aliphatic heterocycles. The fraction of sp³-hybridized carbons (Fsp3) is 0.409. The van der Waals surface area contributed by atoms with Gasteiger partial charge in [-0.1, -0.05) is 0 Å². The lowest BCUT2D eigenvalue weighted by Gasteiger charge is -2.34. The third-order valence-corrected chi connectivity index (χ3v) is 5.29. The zero-order valence-corrected chi connectivity index (χ0v) is 18.2. The number of ether oxygens (including phenoxy) is 1. The average Bonchev–Trinajstić information content (AvgIpc) is 2.77. The number of methoxy groups -OCH3 is 1. The molecule has 1 aromatic heterocycles. The van der Waals surface area contributed by atoms with E-state index in [-0.39, 0.29) is 11.9 Å². The van der Waals surface area contributed by atoms with Crippen LogP contribution >= 0.6 is 0 Å². The number of hydrogen-bond acceptors (Lipinski definition) is 6. The number of anilines is 3. The zero-order valence-electron chi connectivity index (χ0n) is 18.2. The number of carbonyl (C=O) groups excluding carboxylic acids is 2. The molecule has 2 aromatic rings. The fourth-order valence-corrected chi connectivity index (χ4v) is 3.63. The van der Waals surface area contributed by atoms with E-state index in [1.165, 1.54) is 6.20 Å². The third-order valence-electron chi connectivity index (χ3n) is 5.29. The molecule has 0 spiro atoms. The maximum Gasteiger partial charge on any atom is 0.319 e. The van der Waals surface area contributed by atoms with Crippen molar-refractivity contribution in [3.05, 3.63) is 42.1 Å². The molecule has 166 valence electrons. The average molecular weight is 427 g/mol. The molecule has 0 aliphatic carbocycles. The first-order chi connectivity index (χ1) is 14.9. The van der Waals surface area contributed by atoms with Gasteiger partial charge in [0.05, 0.1) is 18.4 Å². The second kappa shape index (κ2) is 10.0. The Morgan fingerprint density at radius 1 is 1.29 bits per heavy atom. The first-order valence-electron chi connectivity index (χ1n) is 10.3. The van der Waals surface area contributed by atoms with Gasteiger partial charge in [-0.25, -0.2) is 9.78 Å². The predicted octanol–water partition coefficient (Wildman–Crippen LogP) is 2.74. The van der Waals surface area contributed by atoms with Crippen LogP contribution in [0.1, 0.15) is 23.2 Å². The monoisotopic (exact) mass is 426 g/mol. The molecule has 9 nitrogen and oxygen atoms in total. The van der Waals surface area contributed by atoms with Gasteiger partial charge in [0.1, 0.15) is 11.6 Å². The summed E-state index contributed by atoms with van der Waals surface area (Å²) < 4.78 is 5.17. The van der Waals surface area contributed by atoms with Crippen LogP contribution in [0.3, 0.4) is 0 Å². The minimum atomic E-state index is -0.543. The summed E-state index contributed by atoms with van der Waals surface area (Å²) in [6.45, 7) is 2.08. The van der Waals surface area contributed by atoms with E-state index in [1.807, 2.05) is 29.2 Å². The number of nitrogens with one attached hydrogen (secondary N) is 2. The molecule has 0 saturated carbocycles. The number of nitrogens with two attached hydrogens (primary N) is 1. The largest absolute Gasteiger partial charge is 0.497 e. The highest BCUT2D eigenvalue weighted by atomic mass is 16.5. The molecule has 0 bridgehead atoms. The van der Waals surface area contributed by atoms with Crippen LogP contribution in [0.4, 0.5) is 22.0 Å². The smallest absolute Gasteiger partial charge is 0.319 e.